The van der Waals surface area contributed by atoms with Gasteiger partial charge in [0.2, 0.25) is 0 Å². The topological polar surface area (TPSA) is 29.5 Å². The van der Waals surface area contributed by atoms with Crippen molar-refractivity contribution in [3.05, 3.63) is 57.5 Å². The van der Waals surface area contributed by atoms with Gasteiger partial charge >= 0.3 is 0 Å². The van der Waals surface area contributed by atoms with Crippen LogP contribution in [0.25, 0.3) is 0 Å². The van der Waals surface area contributed by atoms with Crippen LogP contribution in [-0.2, 0) is 6.42 Å². The number of fused-ring (bicyclic) bond motifs is 1. The number of para-hydroxylation sites is 1. The Morgan fingerprint density at radius 2 is 2.14 bits per heavy atom. The van der Waals surface area contributed by atoms with Crippen molar-refractivity contribution in [2.45, 2.75) is 23.5 Å². The molecule has 0 aromatic heterocycles. The molecule has 3 rings (SSSR count). The molecular weight excluding hydrogens is 372 g/mol. The molecule has 0 saturated heterocycles. The Morgan fingerprint density at radius 3 is 2.95 bits per heavy atom. The average Bonchev–Trinajstić information content (AvgIpc) is 2.49. The largest absolute Gasteiger partial charge is 0.486 e. The molecule has 1 aliphatic heterocycles. The van der Waals surface area contributed by atoms with E-state index in [9.17, 15) is 5.11 Å². The Labute approximate surface area is 141 Å². The highest BCUT2D eigenvalue weighted by Gasteiger charge is 2.27. The summed E-state index contributed by atoms with van der Waals surface area (Å²) < 4.78 is 6.84. The molecule has 110 valence electrons. The van der Waals surface area contributed by atoms with E-state index < -0.39 is 6.10 Å². The van der Waals surface area contributed by atoms with Crippen molar-refractivity contribution in [3.8, 4) is 5.75 Å². The summed E-state index contributed by atoms with van der Waals surface area (Å²) in [6.07, 6.45) is -0.311. The van der Waals surface area contributed by atoms with Crippen molar-refractivity contribution in [3.63, 3.8) is 0 Å². The lowest BCUT2D eigenvalue weighted by Crippen LogP contribution is -2.37. The minimum atomic E-state index is -0.579. The van der Waals surface area contributed by atoms with E-state index in [1.54, 1.807) is 11.8 Å². The van der Waals surface area contributed by atoms with Crippen LogP contribution < -0.4 is 4.74 Å². The van der Waals surface area contributed by atoms with Gasteiger partial charge in [-0.05, 0) is 29.8 Å². The second-order valence-electron chi connectivity index (χ2n) is 4.92. The molecule has 2 nitrogen and oxygen atoms in total. The van der Waals surface area contributed by atoms with E-state index in [1.807, 2.05) is 42.5 Å². The van der Waals surface area contributed by atoms with E-state index in [-0.39, 0.29) is 6.10 Å². The number of hydrogen-bond donors (Lipinski definition) is 1. The van der Waals surface area contributed by atoms with Crippen molar-refractivity contribution in [2.24, 2.45) is 0 Å². The number of aliphatic hydroxyl groups is 1. The van der Waals surface area contributed by atoms with E-state index in [2.05, 4.69) is 15.9 Å². The third kappa shape index (κ3) is 3.57. The van der Waals surface area contributed by atoms with Gasteiger partial charge in [0.25, 0.3) is 0 Å². The van der Waals surface area contributed by atoms with Gasteiger partial charge in [0.05, 0.1) is 6.10 Å². The van der Waals surface area contributed by atoms with Crippen LogP contribution in [0.1, 0.15) is 5.56 Å². The van der Waals surface area contributed by atoms with Gasteiger partial charge in [0.1, 0.15) is 11.9 Å². The van der Waals surface area contributed by atoms with Gasteiger partial charge in [0.15, 0.2) is 0 Å². The van der Waals surface area contributed by atoms with Gasteiger partial charge in [-0.1, -0.05) is 45.7 Å². The standard InChI is InChI=1S/C16H14BrClO2S/c17-11-6-5-10(12(18)8-11)7-13(19)15-9-21-16-4-2-1-3-14(16)20-15/h1-6,8,13,15,19H,7,9H2. The van der Waals surface area contributed by atoms with Crippen molar-refractivity contribution in [1.82, 2.24) is 0 Å². The fourth-order valence-electron chi connectivity index (χ4n) is 2.27. The molecule has 1 heterocycles. The summed E-state index contributed by atoms with van der Waals surface area (Å²) in [5.74, 6) is 1.59. The SMILES string of the molecule is OC(Cc1ccc(Br)cc1Cl)C1CSc2ccccc2O1. The Hall–Kier alpha value is -0.680. The molecular formula is C16H14BrClO2S. The van der Waals surface area contributed by atoms with Gasteiger partial charge < -0.3 is 9.84 Å². The maximum atomic E-state index is 10.4. The Morgan fingerprint density at radius 1 is 1.33 bits per heavy atom. The quantitative estimate of drug-likeness (QED) is 0.840. The van der Waals surface area contributed by atoms with Gasteiger partial charge in [-0.3, -0.25) is 0 Å². The summed E-state index contributed by atoms with van der Waals surface area (Å²) in [4.78, 5) is 1.13. The highest BCUT2D eigenvalue weighted by Crippen LogP contribution is 2.36. The fraction of sp³-hybridized carbons (Fsp3) is 0.250. The molecule has 2 unspecified atom stereocenters. The fourth-order valence-corrected chi connectivity index (χ4v) is 4.09. The first-order valence-electron chi connectivity index (χ1n) is 6.64. The third-order valence-corrected chi connectivity index (χ3v) is 5.39. The lowest BCUT2D eigenvalue weighted by atomic mass is 10.0. The van der Waals surface area contributed by atoms with E-state index in [0.29, 0.717) is 11.4 Å². The van der Waals surface area contributed by atoms with Gasteiger partial charge in [-0.15, -0.1) is 11.8 Å². The van der Waals surface area contributed by atoms with Crippen molar-refractivity contribution < 1.29 is 9.84 Å². The molecule has 1 aliphatic rings. The first-order chi connectivity index (χ1) is 10.1. The highest BCUT2D eigenvalue weighted by atomic mass is 79.9. The van der Waals surface area contributed by atoms with E-state index in [1.165, 1.54) is 0 Å². The lowest BCUT2D eigenvalue weighted by molar-refractivity contribution is 0.0469. The molecule has 0 radical (unpaired) electrons. The number of ether oxygens (including phenoxy) is 1. The smallest absolute Gasteiger partial charge is 0.134 e. The maximum absolute atomic E-state index is 10.4. The predicted octanol–water partition coefficient (Wildman–Crippen LogP) is 4.56. The van der Waals surface area contributed by atoms with Crippen LogP contribution in [0.4, 0.5) is 0 Å². The lowest BCUT2D eigenvalue weighted by Gasteiger charge is -2.29. The summed E-state index contributed by atoms with van der Waals surface area (Å²) in [7, 11) is 0. The summed E-state index contributed by atoms with van der Waals surface area (Å²) >= 11 is 11.3. The number of rotatable bonds is 3. The monoisotopic (exact) mass is 384 g/mol. The van der Waals surface area contributed by atoms with Crippen LogP contribution in [0.2, 0.25) is 5.02 Å². The van der Waals surface area contributed by atoms with Crippen molar-refractivity contribution in [2.75, 3.05) is 5.75 Å². The molecule has 5 heteroatoms. The molecule has 0 fully saturated rings. The highest BCUT2D eigenvalue weighted by molar-refractivity contribution is 9.10. The molecule has 2 aromatic rings. The molecule has 2 aromatic carbocycles. The van der Waals surface area contributed by atoms with E-state index in [4.69, 9.17) is 16.3 Å². The second kappa shape index (κ2) is 6.61. The number of hydrogen-bond acceptors (Lipinski definition) is 3. The van der Waals surface area contributed by atoms with Crippen LogP contribution in [0.15, 0.2) is 51.8 Å². The van der Waals surface area contributed by atoms with Crippen LogP contribution in [0.5, 0.6) is 5.75 Å². The van der Waals surface area contributed by atoms with Crippen LogP contribution in [0, 0.1) is 0 Å². The van der Waals surface area contributed by atoms with E-state index >= 15 is 0 Å². The minimum absolute atomic E-state index is 0.218. The minimum Gasteiger partial charge on any atom is -0.486 e. The van der Waals surface area contributed by atoms with E-state index in [0.717, 1.165) is 26.4 Å². The first-order valence-corrected chi connectivity index (χ1v) is 8.79. The molecule has 0 aliphatic carbocycles. The van der Waals surface area contributed by atoms with Gasteiger partial charge in [-0.25, -0.2) is 0 Å². The Kier molecular flexibility index (Phi) is 4.79. The van der Waals surface area contributed by atoms with Gasteiger partial charge in [-0.2, -0.15) is 0 Å². The molecule has 0 spiro atoms. The molecule has 0 saturated carbocycles. The molecule has 2 atom stereocenters. The van der Waals surface area contributed by atoms with Crippen molar-refractivity contribution in [1.29, 1.82) is 0 Å². The normalized spacial score (nSPS) is 18.7. The summed E-state index contributed by atoms with van der Waals surface area (Å²) in [6, 6.07) is 13.6. The zero-order chi connectivity index (χ0) is 14.8. The van der Waals surface area contributed by atoms with Crippen LogP contribution in [-0.4, -0.2) is 23.1 Å². The number of halogens is 2. The Balaban J connectivity index is 1.70. The molecule has 1 N–H and O–H groups in total. The van der Waals surface area contributed by atoms with Crippen LogP contribution in [0.3, 0.4) is 0 Å². The zero-order valence-electron chi connectivity index (χ0n) is 11.1. The van der Waals surface area contributed by atoms with Gasteiger partial charge in [0, 0.05) is 26.6 Å². The molecule has 21 heavy (non-hydrogen) atoms. The summed E-state index contributed by atoms with van der Waals surface area (Å²) in [5, 5.41) is 11.1. The molecule has 0 amide bonds. The molecule has 0 bridgehead atoms. The predicted molar refractivity (Wildman–Crippen MR) is 90.4 cm³/mol. The summed E-state index contributed by atoms with van der Waals surface area (Å²) in [5.41, 5.74) is 0.930. The van der Waals surface area contributed by atoms with Crippen LogP contribution >= 0.6 is 39.3 Å². The summed E-state index contributed by atoms with van der Waals surface area (Å²) in [6.45, 7) is 0. The zero-order valence-corrected chi connectivity index (χ0v) is 14.3. The second-order valence-corrected chi connectivity index (χ2v) is 7.31. The maximum Gasteiger partial charge on any atom is 0.134 e. The third-order valence-electron chi connectivity index (χ3n) is 3.40. The number of aliphatic hydroxyl groups excluding tert-OH is 1. The number of benzene rings is 2. The number of thioether (sulfide) groups is 1. The van der Waals surface area contributed by atoms with Crippen molar-refractivity contribution >= 4 is 39.3 Å². The first kappa shape index (κ1) is 15.2. The average molecular weight is 386 g/mol. The Bertz CT molecular complexity index is 650.